The maximum Gasteiger partial charge on any atom is 0.309 e. The molecule has 15 heavy (non-hydrogen) atoms. The van der Waals surface area contributed by atoms with E-state index < -0.39 is 30.3 Å². The van der Waals surface area contributed by atoms with Gasteiger partial charge in [-0.05, 0) is 28.7 Å². The van der Waals surface area contributed by atoms with E-state index in [1.54, 1.807) is 22.6 Å². The van der Waals surface area contributed by atoms with Gasteiger partial charge in [-0.25, -0.2) is 13.8 Å². The summed E-state index contributed by atoms with van der Waals surface area (Å²) in [5.41, 5.74) is -0.761. The van der Waals surface area contributed by atoms with E-state index in [-0.39, 0.29) is 5.69 Å². The van der Waals surface area contributed by atoms with Crippen LogP contribution in [0.15, 0.2) is 6.07 Å². The summed E-state index contributed by atoms with van der Waals surface area (Å²) in [5.74, 6) is -1.78. The molecular weight excluding hydrogens is 323 g/mol. The van der Waals surface area contributed by atoms with Crippen molar-refractivity contribution >= 4 is 28.6 Å². The lowest BCUT2D eigenvalue weighted by atomic mass is 10.2. The van der Waals surface area contributed by atoms with Gasteiger partial charge in [-0.1, -0.05) is 0 Å². The Balaban J connectivity index is 3.17. The van der Waals surface area contributed by atoms with Crippen molar-refractivity contribution in [2.45, 2.75) is 12.8 Å². The molecule has 4 nitrogen and oxygen atoms in total. The smallest absolute Gasteiger partial charge is 0.309 e. The highest BCUT2D eigenvalue weighted by atomic mass is 127. The topological polar surface area (TPSA) is 70.4 Å². The Morgan fingerprint density at radius 3 is 2.67 bits per heavy atom. The number of carboxylic acid groups (broad SMARTS) is 1. The molecule has 0 bridgehead atoms. The lowest BCUT2D eigenvalue weighted by molar-refractivity contribution is -0.136. The molecule has 0 atom stereocenters. The van der Waals surface area contributed by atoms with Crippen molar-refractivity contribution in [2.24, 2.45) is 0 Å². The van der Waals surface area contributed by atoms with Crippen LogP contribution in [0, 0.1) is 3.57 Å². The van der Waals surface area contributed by atoms with Crippen LogP contribution in [0.25, 0.3) is 0 Å². The largest absolute Gasteiger partial charge is 0.506 e. The van der Waals surface area contributed by atoms with Gasteiger partial charge in [0.05, 0.1) is 12.1 Å². The van der Waals surface area contributed by atoms with Gasteiger partial charge in [-0.15, -0.1) is 0 Å². The van der Waals surface area contributed by atoms with Crippen molar-refractivity contribution in [1.29, 1.82) is 0 Å². The first-order valence-electron chi connectivity index (χ1n) is 3.80. The molecule has 1 rings (SSSR count). The number of hydrogen-bond acceptors (Lipinski definition) is 3. The van der Waals surface area contributed by atoms with Crippen LogP contribution >= 0.6 is 22.6 Å². The molecule has 0 aliphatic heterocycles. The van der Waals surface area contributed by atoms with E-state index in [0.29, 0.717) is 3.57 Å². The second kappa shape index (κ2) is 4.69. The zero-order chi connectivity index (χ0) is 11.6. The van der Waals surface area contributed by atoms with Gasteiger partial charge in [0.2, 0.25) is 0 Å². The number of pyridine rings is 1. The highest BCUT2D eigenvalue weighted by molar-refractivity contribution is 14.1. The van der Waals surface area contributed by atoms with Crippen LogP contribution in [-0.2, 0) is 11.2 Å². The fourth-order valence-corrected chi connectivity index (χ4v) is 1.57. The van der Waals surface area contributed by atoms with Crippen molar-refractivity contribution in [1.82, 2.24) is 4.98 Å². The number of carbonyl (C=O) groups is 1. The Bertz CT molecular complexity index is 398. The molecule has 2 N–H and O–H groups in total. The van der Waals surface area contributed by atoms with Gasteiger partial charge in [-0.2, -0.15) is 0 Å². The van der Waals surface area contributed by atoms with Gasteiger partial charge in [-0.3, -0.25) is 4.79 Å². The predicted octanol–water partition coefficient (Wildman–Crippen LogP) is 1.96. The molecule has 0 radical (unpaired) electrons. The zero-order valence-corrected chi connectivity index (χ0v) is 9.40. The monoisotopic (exact) mass is 329 g/mol. The number of aliphatic carboxylic acids is 1. The first kappa shape index (κ1) is 12.1. The first-order valence-corrected chi connectivity index (χ1v) is 4.88. The first-order chi connectivity index (χ1) is 6.91. The van der Waals surface area contributed by atoms with Crippen LogP contribution in [-0.4, -0.2) is 21.2 Å². The lowest BCUT2D eigenvalue weighted by Crippen LogP contribution is -2.06. The van der Waals surface area contributed by atoms with Crippen LogP contribution in [0.1, 0.15) is 17.8 Å². The molecule has 0 unspecified atom stereocenters. The van der Waals surface area contributed by atoms with Gasteiger partial charge in [0.1, 0.15) is 11.4 Å². The summed E-state index contributed by atoms with van der Waals surface area (Å²) in [4.78, 5) is 13.8. The molecule has 0 aliphatic rings. The van der Waals surface area contributed by atoms with Crippen molar-refractivity contribution in [3.8, 4) is 5.75 Å². The van der Waals surface area contributed by atoms with Crippen molar-refractivity contribution in [3.05, 3.63) is 21.0 Å². The molecule has 1 aromatic heterocycles. The zero-order valence-electron chi connectivity index (χ0n) is 7.25. The number of hydrogen-bond donors (Lipinski definition) is 2. The Morgan fingerprint density at radius 1 is 1.60 bits per heavy atom. The highest BCUT2D eigenvalue weighted by Crippen LogP contribution is 2.28. The number of halogens is 3. The van der Waals surface area contributed by atoms with E-state index in [4.69, 9.17) is 10.2 Å². The van der Waals surface area contributed by atoms with E-state index >= 15 is 0 Å². The minimum atomic E-state index is -2.92. The molecule has 0 saturated heterocycles. The van der Waals surface area contributed by atoms with E-state index in [9.17, 15) is 13.6 Å². The summed E-state index contributed by atoms with van der Waals surface area (Å²) in [5, 5.41) is 17.6. The van der Waals surface area contributed by atoms with E-state index in [1.165, 1.54) is 0 Å². The maximum absolute atomic E-state index is 12.3. The molecule has 1 heterocycles. The molecule has 82 valence electrons. The van der Waals surface area contributed by atoms with Crippen molar-refractivity contribution in [2.75, 3.05) is 0 Å². The third-order valence-corrected chi connectivity index (χ3v) is 2.52. The summed E-state index contributed by atoms with van der Waals surface area (Å²) in [6, 6.07) is 1.08. The fraction of sp³-hybridized carbons (Fsp3) is 0.250. The number of alkyl halides is 2. The second-order valence-electron chi connectivity index (χ2n) is 2.69. The Kier molecular flexibility index (Phi) is 3.77. The summed E-state index contributed by atoms with van der Waals surface area (Å²) in [6.45, 7) is 0. The van der Waals surface area contributed by atoms with E-state index in [1.807, 2.05) is 0 Å². The molecule has 0 aliphatic carbocycles. The Hall–Kier alpha value is -0.990. The summed E-state index contributed by atoms with van der Waals surface area (Å²) in [6.07, 6.45) is -3.37. The average Bonchev–Trinajstić information content (AvgIpc) is 2.08. The average molecular weight is 329 g/mol. The van der Waals surface area contributed by atoms with Crippen LogP contribution in [0.3, 0.4) is 0 Å². The van der Waals surface area contributed by atoms with Crippen LogP contribution in [0.2, 0.25) is 0 Å². The third-order valence-electron chi connectivity index (χ3n) is 1.58. The van der Waals surface area contributed by atoms with Crippen LogP contribution < -0.4 is 0 Å². The molecule has 0 fully saturated rings. The number of aromatic nitrogens is 1. The normalized spacial score (nSPS) is 10.7. The predicted molar refractivity (Wildman–Crippen MR) is 54.9 cm³/mol. The van der Waals surface area contributed by atoms with E-state index in [0.717, 1.165) is 6.07 Å². The number of carboxylic acids is 1. The SMILES string of the molecule is O=C(O)Cc1nc(C(F)F)c(O)cc1I. The second-order valence-corrected chi connectivity index (χ2v) is 3.85. The minimum absolute atomic E-state index is 0.0243. The molecule has 0 spiro atoms. The number of nitrogens with zero attached hydrogens (tertiary/aromatic N) is 1. The number of aromatic hydroxyl groups is 1. The molecule has 7 heteroatoms. The quantitative estimate of drug-likeness (QED) is 0.832. The highest BCUT2D eigenvalue weighted by Gasteiger charge is 2.18. The standard InChI is InChI=1S/C8H6F2INO3/c9-8(10)7-5(13)1-3(11)4(12-7)2-6(14)15/h1,8,13H,2H2,(H,14,15). The van der Waals surface area contributed by atoms with Gasteiger partial charge < -0.3 is 10.2 Å². The lowest BCUT2D eigenvalue weighted by Gasteiger charge is -2.06. The maximum atomic E-state index is 12.3. The van der Waals surface area contributed by atoms with Gasteiger partial charge in [0.25, 0.3) is 6.43 Å². The Labute approximate surface area is 97.1 Å². The molecule has 0 saturated carbocycles. The summed E-state index contributed by atoms with van der Waals surface area (Å²) < 4.78 is 25.0. The van der Waals surface area contributed by atoms with Gasteiger partial charge in [0.15, 0.2) is 0 Å². The van der Waals surface area contributed by atoms with Crippen molar-refractivity contribution in [3.63, 3.8) is 0 Å². The van der Waals surface area contributed by atoms with Crippen LogP contribution in [0.4, 0.5) is 8.78 Å². The molecule has 0 amide bonds. The molecule has 1 aromatic rings. The third kappa shape index (κ3) is 2.98. The fourth-order valence-electron chi connectivity index (χ4n) is 0.961. The molecular formula is C8H6F2INO3. The number of rotatable bonds is 3. The minimum Gasteiger partial charge on any atom is -0.506 e. The Morgan fingerprint density at radius 2 is 2.20 bits per heavy atom. The van der Waals surface area contributed by atoms with Gasteiger partial charge >= 0.3 is 5.97 Å². The van der Waals surface area contributed by atoms with Crippen LogP contribution in [0.5, 0.6) is 5.75 Å². The molecule has 0 aromatic carbocycles. The summed E-state index contributed by atoms with van der Waals surface area (Å²) in [7, 11) is 0. The van der Waals surface area contributed by atoms with E-state index in [2.05, 4.69) is 4.98 Å². The van der Waals surface area contributed by atoms with Gasteiger partial charge in [0, 0.05) is 3.57 Å². The van der Waals surface area contributed by atoms with Crippen molar-refractivity contribution < 1.29 is 23.8 Å². The summed E-state index contributed by atoms with van der Waals surface area (Å²) >= 11 is 1.73.